The van der Waals surface area contributed by atoms with Gasteiger partial charge in [0.05, 0.1) is 0 Å². The fourth-order valence-electron chi connectivity index (χ4n) is 1.88. The minimum atomic E-state index is -0.166. The van der Waals surface area contributed by atoms with Gasteiger partial charge in [-0.2, -0.15) is 0 Å². The lowest BCUT2D eigenvalue weighted by Gasteiger charge is -2.09. The zero-order valence-corrected chi connectivity index (χ0v) is 13.3. The fourth-order valence-corrected chi connectivity index (χ4v) is 2.24. The summed E-state index contributed by atoms with van der Waals surface area (Å²) in [6.45, 7) is 3.34. The smallest absolute Gasteiger partial charge is 0.255 e. The Morgan fingerprint density at radius 3 is 2.10 bits per heavy atom. The Labute approximate surface area is 131 Å². The number of rotatable bonds is 3. The molecule has 0 unspecified atom stereocenters. The highest BCUT2D eigenvalue weighted by atomic mass is 79.9. The van der Waals surface area contributed by atoms with Gasteiger partial charge in [-0.3, -0.25) is 9.59 Å². The maximum Gasteiger partial charge on any atom is 0.255 e. The number of halogens is 1. The Bertz CT molecular complexity index is 681. The summed E-state index contributed by atoms with van der Waals surface area (Å²) in [4.78, 5) is 23.2. The third-order valence-corrected chi connectivity index (χ3v) is 3.40. The van der Waals surface area contributed by atoms with Crippen molar-refractivity contribution in [2.75, 3.05) is 10.6 Å². The predicted octanol–water partition coefficient (Wildman–Crippen LogP) is 3.97. The first-order valence-corrected chi connectivity index (χ1v) is 7.20. The lowest BCUT2D eigenvalue weighted by molar-refractivity contribution is -0.114. The number of hydrogen-bond acceptors (Lipinski definition) is 2. The highest BCUT2D eigenvalue weighted by molar-refractivity contribution is 9.10. The second-order valence-electron chi connectivity index (χ2n) is 4.67. The average Bonchev–Trinajstić information content (AvgIpc) is 2.43. The van der Waals surface area contributed by atoms with Crippen LogP contribution in [0.3, 0.4) is 0 Å². The van der Waals surface area contributed by atoms with Crippen LogP contribution in [0.2, 0.25) is 0 Å². The fraction of sp³-hybridized carbons (Fsp3) is 0.125. The minimum absolute atomic E-state index is 0.128. The van der Waals surface area contributed by atoms with E-state index in [1.165, 1.54) is 6.92 Å². The molecular weight excluding hydrogens is 332 g/mol. The van der Waals surface area contributed by atoms with Crippen molar-refractivity contribution < 1.29 is 9.59 Å². The van der Waals surface area contributed by atoms with Crippen LogP contribution in [0.25, 0.3) is 0 Å². The van der Waals surface area contributed by atoms with Gasteiger partial charge in [0.1, 0.15) is 0 Å². The molecule has 2 N–H and O–H groups in total. The molecule has 0 aliphatic rings. The molecule has 0 bridgehead atoms. The Balaban J connectivity index is 2.12. The molecule has 0 fully saturated rings. The van der Waals surface area contributed by atoms with E-state index in [0.717, 1.165) is 10.0 Å². The number of carbonyl (C=O) groups is 2. The number of carbonyl (C=O) groups excluding carboxylic acids is 2. The van der Waals surface area contributed by atoms with Crippen LogP contribution in [-0.2, 0) is 4.79 Å². The number of nitrogens with one attached hydrogen (secondary N) is 2. The van der Waals surface area contributed by atoms with Crippen molar-refractivity contribution in [3.05, 3.63) is 58.1 Å². The van der Waals surface area contributed by atoms with E-state index >= 15 is 0 Å². The molecule has 5 heteroatoms. The SMILES string of the molecule is CC(=O)Nc1ccc(NC(=O)c2cc(Br)ccc2C)cc1. The molecule has 0 atom stereocenters. The Morgan fingerprint density at radius 1 is 0.952 bits per heavy atom. The van der Waals surface area contributed by atoms with Crippen LogP contribution >= 0.6 is 15.9 Å². The normalized spacial score (nSPS) is 10.0. The predicted molar refractivity (Wildman–Crippen MR) is 87.6 cm³/mol. The zero-order chi connectivity index (χ0) is 15.4. The molecule has 0 saturated heterocycles. The van der Waals surface area contributed by atoms with Gasteiger partial charge >= 0.3 is 0 Å². The lowest BCUT2D eigenvalue weighted by atomic mass is 10.1. The van der Waals surface area contributed by atoms with Crippen LogP contribution in [0.15, 0.2) is 46.9 Å². The summed E-state index contributed by atoms with van der Waals surface area (Å²) < 4.78 is 0.860. The van der Waals surface area contributed by atoms with Crippen LogP contribution in [0.5, 0.6) is 0 Å². The van der Waals surface area contributed by atoms with E-state index in [1.807, 2.05) is 19.1 Å². The van der Waals surface area contributed by atoms with Crippen molar-refractivity contribution in [1.29, 1.82) is 0 Å². The van der Waals surface area contributed by atoms with Gasteiger partial charge in [0.15, 0.2) is 0 Å². The molecule has 0 aliphatic carbocycles. The first kappa shape index (κ1) is 15.3. The van der Waals surface area contributed by atoms with Crippen molar-refractivity contribution in [1.82, 2.24) is 0 Å². The van der Waals surface area contributed by atoms with Gasteiger partial charge in [0.2, 0.25) is 5.91 Å². The molecular formula is C16H15BrN2O2. The molecule has 4 nitrogen and oxygen atoms in total. The Morgan fingerprint density at radius 2 is 1.52 bits per heavy atom. The number of hydrogen-bond donors (Lipinski definition) is 2. The van der Waals surface area contributed by atoms with Crippen LogP contribution in [0, 0.1) is 6.92 Å². The van der Waals surface area contributed by atoms with E-state index in [-0.39, 0.29) is 11.8 Å². The van der Waals surface area contributed by atoms with Gasteiger partial charge in [-0.15, -0.1) is 0 Å². The molecule has 0 aromatic heterocycles. The molecule has 2 aromatic carbocycles. The topological polar surface area (TPSA) is 58.2 Å². The quantitative estimate of drug-likeness (QED) is 0.883. The third kappa shape index (κ3) is 4.16. The molecule has 0 spiro atoms. The van der Waals surface area contributed by atoms with Gasteiger partial charge in [-0.1, -0.05) is 22.0 Å². The van der Waals surface area contributed by atoms with Gasteiger partial charge in [-0.25, -0.2) is 0 Å². The van der Waals surface area contributed by atoms with Crippen LogP contribution in [-0.4, -0.2) is 11.8 Å². The van der Waals surface area contributed by atoms with E-state index in [4.69, 9.17) is 0 Å². The highest BCUT2D eigenvalue weighted by Gasteiger charge is 2.09. The van der Waals surface area contributed by atoms with Crippen molar-refractivity contribution in [3.8, 4) is 0 Å². The molecule has 0 aliphatic heterocycles. The molecule has 2 aromatic rings. The molecule has 2 rings (SSSR count). The second-order valence-corrected chi connectivity index (χ2v) is 5.59. The maximum absolute atomic E-state index is 12.2. The van der Waals surface area contributed by atoms with Gasteiger partial charge in [0, 0.05) is 28.3 Å². The number of amides is 2. The Kier molecular flexibility index (Phi) is 4.75. The van der Waals surface area contributed by atoms with Crippen molar-refractivity contribution in [2.45, 2.75) is 13.8 Å². The molecule has 2 amide bonds. The summed E-state index contributed by atoms with van der Waals surface area (Å²) in [5.41, 5.74) is 2.90. The summed E-state index contributed by atoms with van der Waals surface area (Å²) in [6, 6.07) is 12.5. The maximum atomic E-state index is 12.2. The standard InChI is InChI=1S/C16H15BrN2O2/c1-10-3-4-12(17)9-15(10)16(21)19-14-7-5-13(6-8-14)18-11(2)20/h3-9H,1-2H3,(H,18,20)(H,19,21). The first-order valence-electron chi connectivity index (χ1n) is 6.41. The molecule has 21 heavy (non-hydrogen) atoms. The molecule has 0 saturated carbocycles. The van der Waals surface area contributed by atoms with E-state index in [9.17, 15) is 9.59 Å². The monoisotopic (exact) mass is 346 g/mol. The van der Waals surface area contributed by atoms with Crippen molar-refractivity contribution >= 4 is 39.1 Å². The van der Waals surface area contributed by atoms with Crippen LogP contribution in [0.1, 0.15) is 22.8 Å². The summed E-state index contributed by atoms with van der Waals surface area (Å²) in [7, 11) is 0. The minimum Gasteiger partial charge on any atom is -0.326 e. The zero-order valence-electron chi connectivity index (χ0n) is 11.7. The van der Waals surface area contributed by atoms with E-state index < -0.39 is 0 Å². The van der Waals surface area contributed by atoms with E-state index in [2.05, 4.69) is 26.6 Å². The van der Waals surface area contributed by atoms with Gasteiger partial charge in [-0.05, 0) is 48.9 Å². The third-order valence-electron chi connectivity index (χ3n) is 2.91. The van der Waals surface area contributed by atoms with Crippen molar-refractivity contribution in [3.63, 3.8) is 0 Å². The van der Waals surface area contributed by atoms with Crippen molar-refractivity contribution in [2.24, 2.45) is 0 Å². The number of benzene rings is 2. The second kappa shape index (κ2) is 6.54. The van der Waals surface area contributed by atoms with Gasteiger partial charge in [0.25, 0.3) is 5.91 Å². The Hall–Kier alpha value is -2.14. The molecule has 0 heterocycles. The summed E-state index contributed by atoms with van der Waals surface area (Å²) in [5.74, 6) is -0.294. The van der Waals surface area contributed by atoms with Gasteiger partial charge < -0.3 is 10.6 Å². The van der Waals surface area contributed by atoms with E-state index in [1.54, 1.807) is 30.3 Å². The highest BCUT2D eigenvalue weighted by Crippen LogP contribution is 2.19. The first-order chi connectivity index (χ1) is 9.95. The van der Waals surface area contributed by atoms with Crippen LogP contribution in [0.4, 0.5) is 11.4 Å². The van der Waals surface area contributed by atoms with E-state index in [0.29, 0.717) is 16.9 Å². The number of aryl methyl sites for hydroxylation is 1. The average molecular weight is 347 g/mol. The summed E-state index contributed by atoms with van der Waals surface area (Å²) in [6.07, 6.45) is 0. The molecule has 108 valence electrons. The van der Waals surface area contributed by atoms with Crippen LogP contribution < -0.4 is 10.6 Å². The largest absolute Gasteiger partial charge is 0.326 e. The molecule has 0 radical (unpaired) electrons. The summed E-state index contributed by atoms with van der Waals surface area (Å²) >= 11 is 3.36. The number of anilines is 2. The lowest BCUT2D eigenvalue weighted by Crippen LogP contribution is -2.13. The summed E-state index contributed by atoms with van der Waals surface area (Å²) in [5, 5.41) is 5.51.